The van der Waals surface area contributed by atoms with E-state index in [0.29, 0.717) is 30.1 Å². The van der Waals surface area contributed by atoms with Crippen LogP contribution in [0.2, 0.25) is 0 Å². The third-order valence-corrected chi connectivity index (χ3v) is 5.77. The third kappa shape index (κ3) is 3.54. The lowest BCUT2D eigenvalue weighted by atomic mass is 9.85. The molecule has 0 saturated heterocycles. The number of hydrogen-bond donors (Lipinski definition) is 2. The fourth-order valence-electron chi connectivity index (χ4n) is 4.03. The largest absolute Gasteiger partial charge is 0.464 e. The monoisotopic (exact) mass is 421 g/mol. The number of carbonyl (C=O) groups excluding carboxylic acids is 1. The number of nitrogens with one attached hydrogen (secondary N) is 2. The topological polar surface area (TPSA) is 91.7 Å². The summed E-state index contributed by atoms with van der Waals surface area (Å²) < 4.78 is 5.80. The molecule has 1 aromatic heterocycles. The first-order valence-corrected chi connectivity index (χ1v) is 10.5. The predicted octanol–water partition coefficient (Wildman–Crippen LogP) is 4.10. The summed E-state index contributed by atoms with van der Waals surface area (Å²) in [5.41, 5.74) is 0.937. The van der Waals surface area contributed by atoms with Crippen molar-refractivity contribution in [2.75, 3.05) is 17.2 Å². The summed E-state index contributed by atoms with van der Waals surface area (Å²) in [4.78, 5) is 39.4. The number of anilines is 3. The SMILES string of the molecule is CCN1Cc2cccc(Nc3c(N[C@@H](c4ccc(C)o4)C(C)(C)C)c(=O)c3=O)c2C1=O. The Balaban J connectivity index is 1.68. The van der Waals surface area contributed by atoms with Crippen molar-refractivity contribution in [3.05, 3.63) is 73.4 Å². The summed E-state index contributed by atoms with van der Waals surface area (Å²) in [6, 6.07) is 8.94. The summed E-state index contributed by atoms with van der Waals surface area (Å²) >= 11 is 0. The molecule has 4 rings (SSSR count). The molecule has 1 amide bonds. The van der Waals surface area contributed by atoms with Gasteiger partial charge in [-0.05, 0) is 43.0 Å². The molecule has 0 aliphatic carbocycles. The zero-order valence-electron chi connectivity index (χ0n) is 18.5. The third-order valence-electron chi connectivity index (χ3n) is 5.77. The highest BCUT2D eigenvalue weighted by Gasteiger charge is 2.34. The van der Waals surface area contributed by atoms with Crippen molar-refractivity contribution in [2.45, 2.75) is 47.2 Å². The molecule has 7 heteroatoms. The first-order chi connectivity index (χ1) is 14.6. The molecule has 2 N–H and O–H groups in total. The Labute approximate surface area is 180 Å². The highest BCUT2D eigenvalue weighted by atomic mass is 16.3. The van der Waals surface area contributed by atoms with Crippen LogP contribution in [-0.2, 0) is 6.54 Å². The zero-order chi connectivity index (χ0) is 22.5. The van der Waals surface area contributed by atoms with Gasteiger partial charge in [-0.1, -0.05) is 32.9 Å². The molecule has 162 valence electrons. The van der Waals surface area contributed by atoms with E-state index < -0.39 is 10.9 Å². The molecule has 1 atom stereocenters. The van der Waals surface area contributed by atoms with Gasteiger partial charge in [0.15, 0.2) is 0 Å². The fourth-order valence-corrected chi connectivity index (χ4v) is 4.03. The standard InChI is InChI=1S/C24H27N3O4/c1-6-27-12-14-8-7-9-15(17(14)23(27)30)25-18-19(21(29)20(18)28)26-22(24(3,4)5)16-11-10-13(2)31-16/h7-11,22,25-26H,6,12H2,1-5H3/t22-/m0/s1. The van der Waals surface area contributed by atoms with Crippen molar-refractivity contribution in [3.8, 4) is 0 Å². The lowest BCUT2D eigenvalue weighted by Crippen LogP contribution is -2.39. The van der Waals surface area contributed by atoms with Crippen molar-refractivity contribution in [1.29, 1.82) is 0 Å². The molecular weight excluding hydrogens is 394 g/mol. The first-order valence-electron chi connectivity index (χ1n) is 10.5. The van der Waals surface area contributed by atoms with Crippen LogP contribution in [0.15, 0.2) is 44.3 Å². The Bertz CT molecular complexity index is 1220. The Hall–Kier alpha value is -3.35. The van der Waals surface area contributed by atoms with Crippen molar-refractivity contribution in [2.24, 2.45) is 5.41 Å². The van der Waals surface area contributed by atoms with Crippen LogP contribution in [-0.4, -0.2) is 17.4 Å². The van der Waals surface area contributed by atoms with Gasteiger partial charge < -0.3 is 20.0 Å². The van der Waals surface area contributed by atoms with E-state index in [9.17, 15) is 14.4 Å². The second-order valence-electron chi connectivity index (χ2n) is 9.08. The van der Waals surface area contributed by atoms with Gasteiger partial charge in [0.05, 0.1) is 17.3 Å². The number of hydrogen-bond acceptors (Lipinski definition) is 6. The smallest absolute Gasteiger partial charge is 0.256 e. The molecule has 7 nitrogen and oxygen atoms in total. The summed E-state index contributed by atoms with van der Waals surface area (Å²) in [6.07, 6.45) is 0. The van der Waals surface area contributed by atoms with E-state index in [1.807, 2.05) is 58.9 Å². The van der Waals surface area contributed by atoms with E-state index >= 15 is 0 Å². The second kappa shape index (κ2) is 7.41. The number of amides is 1. The molecule has 0 unspecified atom stereocenters. The minimum atomic E-state index is -0.596. The van der Waals surface area contributed by atoms with Crippen LogP contribution in [0.3, 0.4) is 0 Å². The van der Waals surface area contributed by atoms with Crippen molar-refractivity contribution in [1.82, 2.24) is 4.90 Å². The second-order valence-corrected chi connectivity index (χ2v) is 9.08. The van der Waals surface area contributed by atoms with Crippen LogP contribution in [0, 0.1) is 12.3 Å². The van der Waals surface area contributed by atoms with E-state index in [1.165, 1.54) is 0 Å². The lowest BCUT2D eigenvalue weighted by molar-refractivity contribution is 0.0788. The molecule has 2 aromatic carbocycles. The predicted molar refractivity (Wildman–Crippen MR) is 121 cm³/mol. The van der Waals surface area contributed by atoms with Gasteiger partial charge >= 0.3 is 0 Å². The molecule has 0 fully saturated rings. The summed E-state index contributed by atoms with van der Waals surface area (Å²) in [6.45, 7) is 11.0. The van der Waals surface area contributed by atoms with Gasteiger partial charge in [0.25, 0.3) is 16.8 Å². The Morgan fingerprint density at radius 1 is 1.06 bits per heavy atom. The molecule has 1 aliphatic rings. The molecule has 1 aliphatic heterocycles. The van der Waals surface area contributed by atoms with Gasteiger partial charge in [-0.2, -0.15) is 0 Å². The van der Waals surface area contributed by atoms with Crippen molar-refractivity contribution in [3.63, 3.8) is 0 Å². The van der Waals surface area contributed by atoms with Crippen LogP contribution < -0.4 is 21.5 Å². The maximum Gasteiger partial charge on any atom is 0.256 e. The number of furan rings is 1. The fraction of sp³-hybridized carbons (Fsp3) is 0.375. The van der Waals surface area contributed by atoms with Crippen molar-refractivity contribution >= 4 is 23.0 Å². The van der Waals surface area contributed by atoms with Crippen LogP contribution in [0.25, 0.3) is 0 Å². The lowest BCUT2D eigenvalue weighted by Gasteiger charge is -2.31. The maximum absolute atomic E-state index is 12.8. The minimum Gasteiger partial charge on any atom is -0.464 e. The normalized spacial score (nSPS) is 14.7. The number of carbonyl (C=O) groups is 1. The molecule has 31 heavy (non-hydrogen) atoms. The molecule has 0 bridgehead atoms. The van der Waals surface area contributed by atoms with Gasteiger partial charge in [-0.15, -0.1) is 0 Å². The van der Waals surface area contributed by atoms with Gasteiger partial charge in [-0.25, -0.2) is 0 Å². The molecule has 0 spiro atoms. The van der Waals surface area contributed by atoms with Gasteiger partial charge in [-0.3, -0.25) is 14.4 Å². The van der Waals surface area contributed by atoms with Gasteiger partial charge in [0.2, 0.25) is 0 Å². The number of rotatable bonds is 6. The summed E-state index contributed by atoms with van der Waals surface area (Å²) in [7, 11) is 0. The average molecular weight is 421 g/mol. The minimum absolute atomic E-state index is 0.0764. The highest BCUT2D eigenvalue weighted by molar-refractivity contribution is 6.04. The first kappa shape index (κ1) is 20.9. The van der Waals surface area contributed by atoms with Gasteiger partial charge in [0.1, 0.15) is 22.9 Å². The van der Waals surface area contributed by atoms with Crippen LogP contribution in [0.5, 0.6) is 0 Å². The maximum atomic E-state index is 12.8. The molecule has 2 heterocycles. The van der Waals surface area contributed by atoms with Crippen LogP contribution in [0.1, 0.15) is 61.2 Å². The highest BCUT2D eigenvalue weighted by Crippen LogP contribution is 2.38. The van der Waals surface area contributed by atoms with E-state index in [0.717, 1.165) is 11.3 Å². The van der Waals surface area contributed by atoms with E-state index in [4.69, 9.17) is 4.42 Å². The summed E-state index contributed by atoms with van der Waals surface area (Å²) in [5.74, 6) is 1.39. The van der Waals surface area contributed by atoms with Crippen molar-refractivity contribution < 1.29 is 9.21 Å². The van der Waals surface area contributed by atoms with Gasteiger partial charge in [0, 0.05) is 13.1 Å². The number of fused-ring (bicyclic) bond motifs is 1. The van der Waals surface area contributed by atoms with E-state index in [2.05, 4.69) is 10.6 Å². The quantitative estimate of drug-likeness (QED) is 0.582. The molecule has 0 saturated carbocycles. The molecular formula is C24H27N3O4. The Morgan fingerprint density at radius 2 is 1.77 bits per heavy atom. The van der Waals surface area contributed by atoms with Crippen LogP contribution >= 0.6 is 0 Å². The molecule has 3 aromatic rings. The Kier molecular flexibility index (Phi) is 5.00. The number of aryl methyl sites for hydroxylation is 1. The number of nitrogens with zero attached hydrogens (tertiary/aromatic N) is 1. The Morgan fingerprint density at radius 3 is 2.39 bits per heavy atom. The van der Waals surface area contributed by atoms with E-state index in [-0.39, 0.29) is 28.7 Å². The zero-order valence-corrected chi connectivity index (χ0v) is 18.5. The van der Waals surface area contributed by atoms with Crippen LogP contribution in [0.4, 0.5) is 17.1 Å². The molecule has 0 radical (unpaired) electrons. The average Bonchev–Trinajstić information content (AvgIpc) is 3.29. The number of benzene rings is 1. The summed E-state index contributed by atoms with van der Waals surface area (Å²) in [5, 5.41) is 6.30. The van der Waals surface area contributed by atoms with E-state index in [1.54, 1.807) is 11.0 Å².